The second kappa shape index (κ2) is 6.67. The molecular weight excluding hydrogens is 252 g/mol. The van der Waals surface area contributed by atoms with Crippen molar-refractivity contribution in [2.45, 2.75) is 33.2 Å². The van der Waals surface area contributed by atoms with Crippen LogP contribution in [0.2, 0.25) is 0 Å². The minimum absolute atomic E-state index is 0.290. The number of pyridine rings is 1. The highest BCUT2D eigenvalue weighted by Crippen LogP contribution is 2.06. The summed E-state index contributed by atoms with van der Waals surface area (Å²) in [6, 6.07) is 2.56. The lowest BCUT2D eigenvalue weighted by Gasteiger charge is -2.09. The predicted molar refractivity (Wildman–Crippen MR) is 68.0 cm³/mol. The highest BCUT2D eigenvalue weighted by Gasteiger charge is 2.17. The SMILES string of the molecule is CCCCOC(=O)Cn1c(C)ccc([N+](=O)[O-])c1=O. The molecule has 1 aromatic heterocycles. The van der Waals surface area contributed by atoms with Crippen molar-refractivity contribution in [1.82, 2.24) is 4.57 Å². The van der Waals surface area contributed by atoms with Crippen molar-refractivity contribution in [2.75, 3.05) is 6.61 Å². The number of aryl methyl sites for hydroxylation is 1. The first-order chi connectivity index (χ1) is 8.97. The largest absolute Gasteiger partial charge is 0.464 e. The van der Waals surface area contributed by atoms with E-state index in [1.54, 1.807) is 6.92 Å². The molecule has 1 aromatic rings. The van der Waals surface area contributed by atoms with Crippen LogP contribution < -0.4 is 5.56 Å². The van der Waals surface area contributed by atoms with Gasteiger partial charge in [-0.15, -0.1) is 0 Å². The van der Waals surface area contributed by atoms with Gasteiger partial charge in [-0.2, -0.15) is 0 Å². The number of aromatic nitrogens is 1. The van der Waals surface area contributed by atoms with Crippen molar-refractivity contribution < 1.29 is 14.5 Å². The number of esters is 1. The van der Waals surface area contributed by atoms with Gasteiger partial charge in [-0.05, 0) is 19.4 Å². The molecule has 0 bridgehead atoms. The molecular formula is C12H16N2O5. The average molecular weight is 268 g/mol. The summed E-state index contributed by atoms with van der Waals surface area (Å²) in [5.41, 5.74) is -0.868. The standard InChI is InChI=1S/C12H16N2O5/c1-3-4-7-19-11(15)8-13-9(2)5-6-10(12(13)16)14(17)18/h5-6H,3-4,7-8H2,1-2H3. The molecule has 19 heavy (non-hydrogen) atoms. The number of carbonyl (C=O) groups excluding carboxylic acids is 1. The van der Waals surface area contributed by atoms with Gasteiger partial charge in [0.1, 0.15) is 6.54 Å². The Kier molecular flexibility index (Phi) is 5.23. The van der Waals surface area contributed by atoms with Crippen molar-refractivity contribution in [3.8, 4) is 0 Å². The number of rotatable bonds is 6. The Morgan fingerprint density at radius 2 is 2.16 bits per heavy atom. The molecule has 0 amide bonds. The molecule has 0 radical (unpaired) electrons. The minimum Gasteiger partial charge on any atom is -0.464 e. The zero-order valence-corrected chi connectivity index (χ0v) is 10.9. The lowest BCUT2D eigenvalue weighted by atomic mass is 10.3. The fourth-order valence-corrected chi connectivity index (χ4v) is 1.50. The highest BCUT2D eigenvalue weighted by molar-refractivity contribution is 5.69. The molecule has 0 aromatic carbocycles. The summed E-state index contributed by atoms with van der Waals surface area (Å²) in [6.07, 6.45) is 1.64. The molecule has 0 aliphatic rings. The minimum atomic E-state index is -0.794. The molecule has 0 saturated carbocycles. The molecule has 0 unspecified atom stereocenters. The first-order valence-electron chi connectivity index (χ1n) is 5.97. The van der Waals surface area contributed by atoms with E-state index in [4.69, 9.17) is 4.74 Å². The summed E-state index contributed by atoms with van der Waals surface area (Å²) >= 11 is 0. The molecule has 7 nitrogen and oxygen atoms in total. The second-order valence-electron chi connectivity index (χ2n) is 4.08. The molecule has 7 heteroatoms. The number of hydrogen-bond donors (Lipinski definition) is 0. The maximum absolute atomic E-state index is 11.8. The molecule has 0 spiro atoms. The van der Waals surface area contributed by atoms with E-state index in [1.807, 2.05) is 6.92 Å². The lowest BCUT2D eigenvalue weighted by molar-refractivity contribution is -0.386. The normalized spacial score (nSPS) is 10.2. The molecule has 0 aliphatic carbocycles. The molecule has 0 N–H and O–H groups in total. The van der Waals surface area contributed by atoms with E-state index in [1.165, 1.54) is 6.07 Å². The van der Waals surface area contributed by atoms with E-state index in [9.17, 15) is 19.7 Å². The Morgan fingerprint density at radius 3 is 2.74 bits per heavy atom. The number of nitro groups is 1. The van der Waals surface area contributed by atoms with E-state index >= 15 is 0 Å². The van der Waals surface area contributed by atoms with E-state index in [2.05, 4.69) is 0 Å². The van der Waals surface area contributed by atoms with Crippen LogP contribution in [0.1, 0.15) is 25.5 Å². The van der Waals surface area contributed by atoms with Crippen LogP contribution in [0.5, 0.6) is 0 Å². The first kappa shape index (κ1) is 14.9. The molecule has 104 valence electrons. The molecule has 1 rings (SSSR count). The van der Waals surface area contributed by atoms with Crippen LogP contribution in [0.4, 0.5) is 5.69 Å². The molecule has 1 heterocycles. The van der Waals surface area contributed by atoms with Crippen molar-refractivity contribution >= 4 is 11.7 Å². The summed E-state index contributed by atoms with van der Waals surface area (Å²) in [7, 11) is 0. The smallest absolute Gasteiger partial charge is 0.334 e. The van der Waals surface area contributed by atoms with Crippen LogP contribution in [0.25, 0.3) is 0 Å². The van der Waals surface area contributed by atoms with Crippen LogP contribution in [-0.2, 0) is 16.1 Å². The number of unbranched alkanes of at least 4 members (excludes halogenated alkanes) is 1. The number of carbonyl (C=O) groups is 1. The van der Waals surface area contributed by atoms with E-state index in [-0.39, 0.29) is 13.2 Å². The van der Waals surface area contributed by atoms with Gasteiger partial charge in [0.05, 0.1) is 11.5 Å². The van der Waals surface area contributed by atoms with Crippen molar-refractivity contribution in [3.05, 3.63) is 38.3 Å². The third-order valence-electron chi connectivity index (χ3n) is 2.62. The van der Waals surface area contributed by atoms with Gasteiger partial charge >= 0.3 is 17.2 Å². The number of nitrogens with zero attached hydrogens (tertiary/aromatic N) is 2. The van der Waals surface area contributed by atoms with E-state index in [0.717, 1.165) is 23.5 Å². The fraction of sp³-hybridized carbons (Fsp3) is 0.500. The number of hydrogen-bond acceptors (Lipinski definition) is 5. The Balaban J connectivity index is 2.89. The fourth-order valence-electron chi connectivity index (χ4n) is 1.50. The van der Waals surface area contributed by atoms with Gasteiger partial charge in [0.2, 0.25) is 0 Å². The Hall–Kier alpha value is -2.18. The van der Waals surface area contributed by atoms with Crippen LogP contribution in [0, 0.1) is 17.0 Å². The van der Waals surface area contributed by atoms with Crippen LogP contribution in [0.15, 0.2) is 16.9 Å². The van der Waals surface area contributed by atoms with Crippen LogP contribution in [-0.4, -0.2) is 22.1 Å². The molecule has 0 saturated heterocycles. The lowest BCUT2D eigenvalue weighted by Crippen LogP contribution is -2.28. The third-order valence-corrected chi connectivity index (χ3v) is 2.62. The van der Waals surface area contributed by atoms with E-state index in [0.29, 0.717) is 5.69 Å². The Bertz CT molecular complexity index is 535. The summed E-state index contributed by atoms with van der Waals surface area (Å²) in [6.45, 7) is 3.54. The number of ether oxygens (including phenoxy) is 1. The van der Waals surface area contributed by atoms with Gasteiger partial charge in [-0.25, -0.2) is 0 Å². The maximum Gasteiger partial charge on any atom is 0.334 e. The van der Waals surface area contributed by atoms with Gasteiger partial charge in [-0.1, -0.05) is 13.3 Å². The topological polar surface area (TPSA) is 91.4 Å². The second-order valence-corrected chi connectivity index (χ2v) is 4.08. The Morgan fingerprint density at radius 1 is 1.47 bits per heavy atom. The maximum atomic E-state index is 11.8. The summed E-state index contributed by atoms with van der Waals surface area (Å²) < 4.78 is 5.98. The van der Waals surface area contributed by atoms with Crippen LogP contribution in [0.3, 0.4) is 0 Å². The zero-order valence-electron chi connectivity index (χ0n) is 10.9. The molecule has 0 fully saturated rings. The summed E-state index contributed by atoms with van der Waals surface area (Å²) in [4.78, 5) is 33.2. The molecule has 0 aliphatic heterocycles. The summed E-state index contributed by atoms with van der Waals surface area (Å²) in [5.74, 6) is -0.570. The Labute approximate surface area is 110 Å². The third kappa shape index (κ3) is 3.90. The van der Waals surface area contributed by atoms with Gasteiger partial charge in [0, 0.05) is 11.8 Å². The summed E-state index contributed by atoms with van der Waals surface area (Å²) in [5, 5.41) is 10.7. The van der Waals surface area contributed by atoms with Gasteiger partial charge in [0.25, 0.3) is 0 Å². The predicted octanol–water partition coefficient (Wildman–Crippen LogP) is 1.41. The van der Waals surface area contributed by atoms with Crippen molar-refractivity contribution in [3.63, 3.8) is 0 Å². The zero-order chi connectivity index (χ0) is 14.4. The van der Waals surface area contributed by atoms with E-state index < -0.39 is 22.1 Å². The first-order valence-corrected chi connectivity index (χ1v) is 5.97. The average Bonchev–Trinajstić information content (AvgIpc) is 2.34. The monoisotopic (exact) mass is 268 g/mol. The van der Waals surface area contributed by atoms with Gasteiger partial charge in [-0.3, -0.25) is 24.3 Å². The quantitative estimate of drug-likeness (QED) is 0.336. The van der Waals surface area contributed by atoms with Gasteiger partial charge < -0.3 is 4.74 Å². The van der Waals surface area contributed by atoms with Crippen molar-refractivity contribution in [2.24, 2.45) is 0 Å². The highest BCUT2D eigenvalue weighted by atomic mass is 16.6. The van der Waals surface area contributed by atoms with Crippen LogP contribution >= 0.6 is 0 Å². The van der Waals surface area contributed by atoms with Crippen molar-refractivity contribution in [1.29, 1.82) is 0 Å². The molecule has 0 atom stereocenters. The van der Waals surface area contributed by atoms with Gasteiger partial charge in [0.15, 0.2) is 0 Å².